The molecule has 0 radical (unpaired) electrons. The molecule has 28 heavy (non-hydrogen) atoms. The predicted octanol–water partition coefficient (Wildman–Crippen LogP) is 2.97. The van der Waals surface area contributed by atoms with Gasteiger partial charge in [0.1, 0.15) is 11.6 Å². The highest BCUT2D eigenvalue weighted by molar-refractivity contribution is 5.70. The van der Waals surface area contributed by atoms with Crippen LogP contribution in [0, 0.1) is 5.92 Å². The summed E-state index contributed by atoms with van der Waals surface area (Å²) in [7, 11) is 1.65. The molecular weight excluding hydrogens is 356 g/mol. The minimum Gasteiger partial charge on any atom is -0.497 e. The Balaban J connectivity index is 1.63. The molecule has 3 aromatic rings. The van der Waals surface area contributed by atoms with Crippen molar-refractivity contribution >= 4 is 5.97 Å². The lowest BCUT2D eigenvalue weighted by molar-refractivity contribution is -0.143. The summed E-state index contributed by atoms with van der Waals surface area (Å²) in [6, 6.07) is 11.8. The molecule has 0 unspecified atom stereocenters. The third kappa shape index (κ3) is 3.66. The minimum absolute atomic E-state index is 0.223. The maximum absolute atomic E-state index is 11.2. The first-order chi connectivity index (χ1) is 13.7. The highest BCUT2D eigenvalue weighted by Gasteiger charge is 2.25. The Morgan fingerprint density at radius 3 is 2.64 bits per heavy atom. The van der Waals surface area contributed by atoms with Crippen molar-refractivity contribution in [1.82, 2.24) is 19.2 Å². The van der Waals surface area contributed by atoms with Gasteiger partial charge in [-0.3, -0.25) is 9.69 Å². The van der Waals surface area contributed by atoms with E-state index in [4.69, 9.17) is 4.74 Å². The zero-order chi connectivity index (χ0) is 19.5. The summed E-state index contributed by atoms with van der Waals surface area (Å²) in [5.74, 6) is 0.862. The zero-order valence-electron chi connectivity index (χ0n) is 15.9. The molecule has 7 heteroatoms. The van der Waals surface area contributed by atoms with Crippen LogP contribution in [-0.4, -0.2) is 50.5 Å². The second kappa shape index (κ2) is 7.90. The summed E-state index contributed by atoms with van der Waals surface area (Å²) in [6.45, 7) is 2.31. The molecular formula is C21H24N4O3. The van der Waals surface area contributed by atoms with Crippen LogP contribution >= 0.6 is 0 Å². The Morgan fingerprint density at radius 2 is 1.96 bits per heavy atom. The highest BCUT2D eigenvalue weighted by atomic mass is 16.5. The number of methoxy groups -OCH3 is 1. The van der Waals surface area contributed by atoms with E-state index >= 15 is 0 Å². The lowest BCUT2D eigenvalue weighted by Crippen LogP contribution is -2.36. The van der Waals surface area contributed by atoms with E-state index in [1.54, 1.807) is 7.11 Å². The number of aliphatic carboxylic acids is 1. The van der Waals surface area contributed by atoms with Crippen LogP contribution in [0.25, 0.3) is 11.5 Å². The first-order valence-electron chi connectivity index (χ1n) is 9.45. The second-order valence-electron chi connectivity index (χ2n) is 7.09. The average Bonchev–Trinajstić information content (AvgIpc) is 3.38. The number of rotatable bonds is 6. The van der Waals surface area contributed by atoms with Crippen LogP contribution in [0.15, 0.2) is 55.0 Å². The number of carbonyl (C=O) groups is 1. The van der Waals surface area contributed by atoms with E-state index in [0.29, 0.717) is 12.8 Å². The van der Waals surface area contributed by atoms with Gasteiger partial charge in [-0.05, 0) is 50.2 Å². The van der Waals surface area contributed by atoms with Crippen molar-refractivity contribution in [3.05, 3.63) is 60.6 Å². The third-order valence-corrected chi connectivity index (χ3v) is 5.29. The lowest BCUT2D eigenvalue weighted by Gasteiger charge is -2.30. The summed E-state index contributed by atoms with van der Waals surface area (Å²) < 4.78 is 9.34. The average molecular weight is 380 g/mol. The molecule has 3 heterocycles. The molecule has 0 amide bonds. The van der Waals surface area contributed by atoms with E-state index in [-0.39, 0.29) is 5.92 Å². The Bertz CT molecular complexity index is 940. The number of nitrogens with zero attached hydrogens (tertiary/aromatic N) is 4. The van der Waals surface area contributed by atoms with Gasteiger partial charge >= 0.3 is 5.97 Å². The highest BCUT2D eigenvalue weighted by Crippen LogP contribution is 2.25. The fourth-order valence-electron chi connectivity index (χ4n) is 3.75. The Morgan fingerprint density at radius 1 is 1.21 bits per heavy atom. The van der Waals surface area contributed by atoms with Gasteiger partial charge < -0.3 is 14.4 Å². The molecule has 4 rings (SSSR count). The number of benzene rings is 1. The van der Waals surface area contributed by atoms with E-state index < -0.39 is 5.97 Å². The van der Waals surface area contributed by atoms with E-state index in [1.807, 2.05) is 59.7 Å². The van der Waals surface area contributed by atoms with Gasteiger partial charge in [0.05, 0.1) is 24.9 Å². The number of carboxylic acid groups (broad SMARTS) is 1. The van der Waals surface area contributed by atoms with Crippen LogP contribution in [0.2, 0.25) is 0 Å². The van der Waals surface area contributed by atoms with Crippen LogP contribution in [0.1, 0.15) is 18.4 Å². The first-order valence-corrected chi connectivity index (χ1v) is 9.45. The third-order valence-electron chi connectivity index (χ3n) is 5.29. The van der Waals surface area contributed by atoms with Gasteiger partial charge in [-0.25, -0.2) is 4.68 Å². The number of hydrogen-bond donors (Lipinski definition) is 1. The summed E-state index contributed by atoms with van der Waals surface area (Å²) >= 11 is 0. The molecule has 1 fully saturated rings. The molecule has 0 saturated carbocycles. The number of hydrogen-bond acceptors (Lipinski definition) is 4. The number of carboxylic acids is 1. The van der Waals surface area contributed by atoms with Gasteiger partial charge in [-0.2, -0.15) is 5.10 Å². The van der Waals surface area contributed by atoms with Gasteiger partial charge in [0.15, 0.2) is 0 Å². The number of aromatic nitrogens is 3. The molecule has 2 aromatic heterocycles. The first kappa shape index (κ1) is 18.3. The van der Waals surface area contributed by atoms with E-state index in [1.165, 1.54) is 0 Å². The maximum atomic E-state index is 11.2. The van der Waals surface area contributed by atoms with E-state index in [0.717, 1.165) is 42.5 Å². The number of piperidine rings is 1. The van der Waals surface area contributed by atoms with Crippen molar-refractivity contribution in [1.29, 1.82) is 0 Å². The van der Waals surface area contributed by atoms with Crippen molar-refractivity contribution in [2.75, 3.05) is 20.2 Å². The molecule has 1 aromatic carbocycles. The van der Waals surface area contributed by atoms with Gasteiger partial charge in [0.2, 0.25) is 0 Å². The second-order valence-corrected chi connectivity index (χ2v) is 7.09. The molecule has 1 saturated heterocycles. The molecule has 0 spiro atoms. The molecule has 146 valence electrons. The zero-order valence-corrected chi connectivity index (χ0v) is 15.9. The molecule has 7 nitrogen and oxygen atoms in total. The Labute approximate surface area is 163 Å². The van der Waals surface area contributed by atoms with Crippen LogP contribution in [0.5, 0.6) is 5.75 Å². The van der Waals surface area contributed by atoms with Crippen LogP contribution in [-0.2, 0) is 11.3 Å². The van der Waals surface area contributed by atoms with Crippen LogP contribution in [0.3, 0.4) is 0 Å². The predicted molar refractivity (Wildman–Crippen MR) is 105 cm³/mol. The molecule has 1 N–H and O–H groups in total. The van der Waals surface area contributed by atoms with Gasteiger partial charge in [-0.15, -0.1) is 0 Å². The van der Waals surface area contributed by atoms with Crippen molar-refractivity contribution < 1.29 is 14.6 Å². The van der Waals surface area contributed by atoms with Crippen molar-refractivity contribution in [2.45, 2.75) is 19.4 Å². The summed E-state index contributed by atoms with van der Waals surface area (Å²) in [6.07, 6.45) is 7.30. The van der Waals surface area contributed by atoms with Crippen LogP contribution < -0.4 is 4.74 Å². The quantitative estimate of drug-likeness (QED) is 0.712. The summed E-state index contributed by atoms with van der Waals surface area (Å²) in [4.78, 5) is 13.5. The SMILES string of the molecule is COc1cccc(-n2ncc(CN3CCC(C(=O)O)CC3)c2-n2cccc2)c1. The summed E-state index contributed by atoms with van der Waals surface area (Å²) in [5.41, 5.74) is 2.03. The standard InChI is InChI=1S/C21H24N4O3/c1-28-19-6-4-5-18(13-19)25-20(24-9-2-3-10-24)17(14-22-25)15-23-11-7-16(8-12-23)21(26)27/h2-6,9-10,13-14,16H,7-8,11-12,15H2,1H3,(H,26,27). The maximum Gasteiger partial charge on any atom is 0.306 e. The smallest absolute Gasteiger partial charge is 0.306 e. The van der Waals surface area contributed by atoms with Gasteiger partial charge in [0.25, 0.3) is 0 Å². The van der Waals surface area contributed by atoms with Crippen LogP contribution in [0.4, 0.5) is 0 Å². The molecule has 0 bridgehead atoms. The molecule has 1 aliphatic heterocycles. The fraction of sp³-hybridized carbons (Fsp3) is 0.333. The Kier molecular flexibility index (Phi) is 5.16. The van der Waals surface area contributed by atoms with E-state index in [2.05, 4.69) is 14.6 Å². The normalized spacial score (nSPS) is 15.6. The molecule has 1 aliphatic rings. The largest absolute Gasteiger partial charge is 0.497 e. The summed E-state index contributed by atoms with van der Waals surface area (Å²) in [5, 5.41) is 13.9. The van der Waals surface area contributed by atoms with E-state index in [9.17, 15) is 9.90 Å². The minimum atomic E-state index is -0.682. The van der Waals surface area contributed by atoms with Crippen molar-refractivity contribution in [2.24, 2.45) is 5.92 Å². The van der Waals surface area contributed by atoms with Gasteiger partial charge in [-0.1, -0.05) is 6.07 Å². The van der Waals surface area contributed by atoms with Crippen molar-refractivity contribution in [3.63, 3.8) is 0 Å². The molecule has 0 atom stereocenters. The fourth-order valence-corrected chi connectivity index (χ4v) is 3.75. The number of likely N-dealkylation sites (tertiary alicyclic amines) is 1. The topological polar surface area (TPSA) is 72.5 Å². The number of ether oxygens (including phenoxy) is 1. The Hall–Kier alpha value is -3.06. The van der Waals surface area contributed by atoms with Gasteiger partial charge in [0, 0.05) is 30.6 Å². The monoisotopic (exact) mass is 380 g/mol. The van der Waals surface area contributed by atoms with Crippen molar-refractivity contribution in [3.8, 4) is 17.3 Å². The molecule has 0 aliphatic carbocycles. The lowest BCUT2D eigenvalue weighted by atomic mass is 9.97.